The van der Waals surface area contributed by atoms with Gasteiger partial charge in [-0.15, -0.1) is 0 Å². The highest BCUT2D eigenvalue weighted by Crippen LogP contribution is 2.35. The summed E-state index contributed by atoms with van der Waals surface area (Å²) in [4.78, 5) is 10.1. The zero-order chi connectivity index (χ0) is 17.6. The zero-order valence-electron chi connectivity index (χ0n) is 13.1. The number of non-ortho nitro benzene ring substituents is 1. The van der Waals surface area contributed by atoms with Crippen LogP contribution >= 0.6 is 0 Å². The molecule has 0 aromatic heterocycles. The van der Waals surface area contributed by atoms with Crippen molar-refractivity contribution in [1.82, 2.24) is 0 Å². The van der Waals surface area contributed by atoms with Gasteiger partial charge in [-0.3, -0.25) is 14.8 Å². The molecule has 3 aromatic carbocycles. The first-order valence-electron chi connectivity index (χ1n) is 7.76. The van der Waals surface area contributed by atoms with Crippen molar-refractivity contribution in [1.29, 1.82) is 0 Å². The first-order valence-corrected chi connectivity index (χ1v) is 9.25. The SMILES string of the molecule is O=[N+]([O-])c1cccc(S(=O)(=O)Nc2ccc3c4c(cccc24)CC3)c1. The molecule has 0 radical (unpaired) electrons. The minimum atomic E-state index is -3.92. The lowest BCUT2D eigenvalue weighted by molar-refractivity contribution is -0.385. The minimum Gasteiger partial charge on any atom is -0.279 e. The Morgan fingerprint density at radius 2 is 1.68 bits per heavy atom. The summed E-state index contributed by atoms with van der Waals surface area (Å²) in [5.74, 6) is 0. The second kappa shape index (κ2) is 5.56. The van der Waals surface area contributed by atoms with Crippen molar-refractivity contribution in [2.45, 2.75) is 17.7 Å². The van der Waals surface area contributed by atoms with Crippen LogP contribution in [0.3, 0.4) is 0 Å². The first kappa shape index (κ1) is 15.6. The molecule has 1 N–H and O–H groups in total. The fourth-order valence-electron chi connectivity index (χ4n) is 3.30. The number of nitro benzene ring substituents is 1. The summed E-state index contributed by atoms with van der Waals surface area (Å²) in [7, 11) is -3.92. The van der Waals surface area contributed by atoms with Crippen LogP contribution in [-0.2, 0) is 22.9 Å². The molecule has 0 fully saturated rings. The number of nitrogens with one attached hydrogen (secondary N) is 1. The van der Waals surface area contributed by atoms with Crippen LogP contribution in [0.25, 0.3) is 10.8 Å². The highest BCUT2D eigenvalue weighted by molar-refractivity contribution is 7.92. The second-order valence-electron chi connectivity index (χ2n) is 5.97. The van der Waals surface area contributed by atoms with E-state index in [2.05, 4.69) is 10.8 Å². The lowest BCUT2D eigenvalue weighted by Crippen LogP contribution is -2.13. The molecule has 1 aliphatic carbocycles. The molecule has 25 heavy (non-hydrogen) atoms. The zero-order valence-corrected chi connectivity index (χ0v) is 13.9. The fraction of sp³-hybridized carbons (Fsp3) is 0.111. The molecule has 0 saturated carbocycles. The summed E-state index contributed by atoms with van der Waals surface area (Å²) in [6.07, 6.45) is 1.90. The average molecular weight is 354 g/mol. The molecular weight excluding hydrogens is 340 g/mol. The Labute approximate surface area is 144 Å². The van der Waals surface area contributed by atoms with Gasteiger partial charge in [0.15, 0.2) is 0 Å². The number of anilines is 1. The smallest absolute Gasteiger partial charge is 0.270 e. The molecule has 0 unspecified atom stereocenters. The average Bonchev–Trinajstić information content (AvgIpc) is 3.02. The molecule has 0 atom stereocenters. The lowest BCUT2D eigenvalue weighted by Gasteiger charge is -2.12. The van der Waals surface area contributed by atoms with Gasteiger partial charge in [0, 0.05) is 17.5 Å². The van der Waals surface area contributed by atoms with E-state index in [1.807, 2.05) is 18.2 Å². The maximum Gasteiger partial charge on any atom is 0.270 e. The van der Waals surface area contributed by atoms with Crippen LogP contribution in [0.1, 0.15) is 11.1 Å². The summed E-state index contributed by atoms with van der Waals surface area (Å²) >= 11 is 0. The van der Waals surface area contributed by atoms with Gasteiger partial charge in [0.25, 0.3) is 15.7 Å². The molecule has 126 valence electrons. The van der Waals surface area contributed by atoms with Crippen LogP contribution in [-0.4, -0.2) is 13.3 Å². The molecule has 7 heteroatoms. The van der Waals surface area contributed by atoms with Crippen LogP contribution in [0.4, 0.5) is 11.4 Å². The van der Waals surface area contributed by atoms with Crippen LogP contribution < -0.4 is 4.72 Å². The van der Waals surface area contributed by atoms with Gasteiger partial charge in [0.05, 0.1) is 15.5 Å². The van der Waals surface area contributed by atoms with E-state index in [4.69, 9.17) is 0 Å². The normalized spacial score (nSPS) is 13.1. The lowest BCUT2D eigenvalue weighted by atomic mass is 10.0. The van der Waals surface area contributed by atoms with Crippen molar-refractivity contribution in [2.24, 2.45) is 0 Å². The van der Waals surface area contributed by atoms with Gasteiger partial charge in [0.2, 0.25) is 0 Å². The molecule has 0 amide bonds. The summed E-state index contributed by atoms with van der Waals surface area (Å²) in [5.41, 5.74) is 2.64. The number of nitrogens with zero attached hydrogens (tertiary/aromatic N) is 1. The van der Waals surface area contributed by atoms with E-state index < -0.39 is 14.9 Å². The van der Waals surface area contributed by atoms with Gasteiger partial charge in [-0.25, -0.2) is 8.42 Å². The molecule has 0 spiro atoms. The van der Waals surface area contributed by atoms with Gasteiger partial charge in [0.1, 0.15) is 0 Å². The third-order valence-corrected chi connectivity index (χ3v) is 5.82. The molecule has 0 heterocycles. The largest absolute Gasteiger partial charge is 0.279 e. The maximum atomic E-state index is 12.7. The number of hydrogen-bond acceptors (Lipinski definition) is 4. The first-order chi connectivity index (χ1) is 12.0. The van der Waals surface area contributed by atoms with E-state index in [1.165, 1.54) is 29.3 Å². The Hall–Kier alpha value is -2.93. The number of sulfonamides is 1. The van der Waals surface area contributed by atoms with Gasteiger partial charge < -0.3 is 0 Å². The van der Waals surface area contributed by atoms with Crippen molar-refractivity contribution < 1.29 is 13.3 Å². The molecule has 0 aliphatic heterocycles. The van der Waals surface area contributed by atoms with E-state index in [0.717, 1.165) is 29.7 Å². The quantitative estimate of drug-likeness (QED) is 0.572. The van der Waals surface area contributed by atoms with Crippen molar-refractivity contribution in [3.05, 3.63) is 75.8 Å². The topological polar surface area (TPSA) is 89.3 Å². The molecule has 6 nitrogen and oxygen atoms in total. The Kier molecular flexibility index (Phi) is 3.47. The molecule has 0 bridgehead atoms. The fourth-order valence-corrected chi connectivity index (χ4v) is 4.42. The molecule has 0 saturated heterocycles. The third-order valence-electron chi connectivity index (χ3n) is 4.46. The number of rotatable bonds is 4. The van der Waals surface area contributed by atoms with E-state index in [1.54, 1.807) is 6.07 Å². The molecule has 1 aliphatic rings. The third kappa shape index (κ3) is 2.62. The van der Waals surface area contributed by atoms with Crippen LogP contribution in [0.5, 0.6) is 0 Å². The van der Waals surface area contributed by atoms with Crippen LogP contribution in [0.2, 0.25) is 0 Å². The minimum absolute atomic E-state index is 0.134. The second-order valence-corrected chi connectivity index (χ2v) is 7.65. The van der Waals surface area contributed by atoms with Gasteiger partial charge in [-0.05, 0) is 41.5 Å². The van der Waals surface area contributed by atoms with E-state index in [-0.39, 0.29) is 10.6 Å². The van der Waals surface area contributed by atoms with E-state index in [9.17, 15) is 18.5 Å². The number of aryl methyl sites for hydroxylation is 2. The van der Waals surface area contributed by atoms with Gasteiger partial charge in [-0.1, -0.05) is 30.3 Å². The summed E-state index contributed by atoms with van der Waals surface area (Å²) < 4.78 is 27.9. The van der Waals surface area contributed by atoms with E-state index >= 15 is 0 Å². The molecule has 3 aromatic rings. The van der Waals surface area contributed by atoms with Crippen molar-refractivity contribution in [3.8, 4) is 0 Å². The standard InChI is InChI=1S/C18H14N2O4S/c21-20(22)14-4-2-5-15(11-14)25(23,24)19-17-10-9-13-8-7-12-3-1-6-16(17)18(12)13/h1-6,9-11,19H,7-8H2. The Balaban J connectivity index is 1.79. The Bertz CT molecular complexity index is 1110. The van der Waals surface area contributed by atoms with Crippen LogP contribution in [0.15, 0.2) is 59.5 Å². The summed E-state index contributed by atoms with van der Waals surface area (Å²) in [6.45, 7) is 0. The van der Waals surface area contributed by atoms with E-state index in [0.29, 0.717) is 5.69 Å². The van der Waals surface area contributed by atoms with Crippen molar-refractivity contribution >= 4 is 32.2 Å². The maximum absolute atomic E-state index is 12.7. The highest BCUT2D eigenvalue weighted by Gasteiger charge is 2.21. The Morgan fingerprint density at radius 3 is 2.44 bits per heavy atom. The predicted octanol–water partition coefficient (Wildman–Crippen LogP) is 3.65. The highest BCUT2D eigenvalue weighted by atomic mass is 32.2. The molecular formula is C18H14N2O4S. The van der Waals surface area contributed by atoms with Crippen LogP contribution in [0, 0.1) is 10.1 Å². The summed E-state index contributed by atoms with van der Waals surface area (Å²) in [5, 5.41) is 12.8. The summed E-state index contributed by atoms with van der Waals surface area (Å²) in [6, 6.07) is 14.6. The van der Waals surface area contributed by atoms with Crippen molar-refractivity contribution in [2.75, 3.05) is 4.72 Å². The number of benzene rings is 3. The number of nitro groups is 1. The van der Waals surface area contributed by atoms with Gasteiger partial charge in [-0.2, -0.15) is 0 Å². The molecule has 4 rings (SSSR count). The monoisotopic (exact) mass is 354 g/mol. The Morgan fingerprint density at radius 1 is 0.960 bits per heavy atom. The predicted molar refractivity (Wildman–Crippen MR) is 95.3 cm³/mol. The van der Waals surface area contributed by atoms with Crippen molar-refractivity contribution in [3.63, 3.8) is 0 Å². The number of hydrogen-bond donors (Lipinski definition) is 1. The van der Waals surface area contributed by atoms with Gasteiger partial charge >= 0.3 is 0 Å².